The standard InChI is InChI=1S/C14H21F3N4/c1-10-6-11(2)8-12(7-10)20-13(18)19-4-5-21(3)9-14(15,16)17/h6-8H,4-5,9H2,1-3H3,(H3,18,19,20). The zero-order valence-corrected chi connectivity index (χ0v) is 12.5. The molecule has 0 spiro atoms. The van der Waals surface area contributed by atoms with Crippen molar-refractivity contribution in [3.8, 4) is 0 Å². The summed E-state index contributed by atoms with van der Waals surface area (Å²) in [5.74, 6) is 0.195. The van der Waals surface area contributed by atoms with E-state index in [-0.39, 0.29) is 19.0 Å². The zero-order valence-electron chi connectivity index (χ0n) is 12.5. The van der Waals surface area contributed by atoms with Gasteiger partial charge in [-0.25, -0.2) is 0 Å². The highest BCUT2D eigenvalue weighted by molar-refractivity contribution is 5.92. The number of hydrogen-bond donors (Lipinski definition) is 2. The summed E-state index contributed by atoms with van der Waals surface area (Å²) in [6.07, 6.45) is -4.19. The highest BCUT2D eigenvalue weighted by atomic mass is 19.4. The van der Waals surface area contributed by atoms with Crippen LogP contribution in [0.2, 0.25) is 0 Å². The highest BCUT2D eigenvalue weighted by Crippen LogP contribution is 2.15. The monoisotopic (exact) mass is 302 g/mol. The molecule has 0 unspecified atom stereocenters. The van der Waals surface area contributed by atoms with Crippen LogP contribution in [0.15, 0.2) is 23.2 Å². The number of hydrogen-bond acceptors (Lipinski definition) is 2. The van der Waals surface area contributed by atoms with Crippen molar-refractivity contribution in [2.45, 2.75) is 20.0 Å². The lowest BCUT2D eigenvalue weighted by Crippen LogP contribution is -2.33. The first-order valence-electron chi connectivity index (χ1n) is 6.56. The Hall–Kier alpha value is -1.76. The van der Waals surface area contributed by atoms with Crippen LogP contribution in [0.5, 0.6) is 0 Å². The van der Waals surface area contributed by atoms with Gasteiger partial charge in [0.05, 0.1) is 13.1 Å². The maximum Gasteiger partial charge on any atom is 0.401 e. The van der Waals surface area contributed by atoms with Crippen LogP contribution >= 0.6 is 0 Å². The largest absolute Gasteiger partial charge is 0.401 e. The highest BCUT2D eigenvalue weighted by Gasteiger charge is 2.28. The fourth-order valence-electron chi connectivity index (χ4n) is 1.96. The van der Waals surface area contributed by atoms with E-state index < -0.39 is 12.7 Å². The van der Waals surface area contributed by atoms with Crippen LogP contribution in [-0.4, -0.2) is 43.7 Å². The molecule has 0 radical (unpaired) electrons. The van der Waals surface area contributed by atoms with E-state index in [0.29, 0.717) is 0 Å². The third kappa shape index (κ3) is 7.55. The van der Waals surface area contributed by atoms with Gasteiger partial charge in [-0.3, -0.25) is 9.89 Å². The molecule has 0 fully saturated rings. The lowest BCUT2D eigenvalue weighted by atomic mass is 10.1. The van der Waals surface area contributed by atoms with E-state index in [1.807, 2.05) is 32.0 Å². The van der Waals surface area contributed by atoms with Gasteiger partial charge in [-0.05, 0) is 44.2 Å². The first-order chi connectivity index (χ1) is 9.65. The first kappa shape index (κ1) is 17.3. The van der Waals surface area contributed by atoms with Crippen LogP contribution in [0.1, 0.15) is 11.1 Å². The van der Waals surface area contributed by atoms with Gasteiger partial charge in [0, 0.05) is 12.2 Å². The minimum Gasteiger partial charge on any atom is -0.370 e. The summed E-state index contributed by atoms with van der Waals surface area (Å²) in [6, 6.07) is 5.88. The van der Waals surface area contributed by atoms with Crippen LogP contribution in [0.25, 0.3) is 0 Å². The zero-order chi connectivity index (χ0) is 16.0. The molecular weight excluding hydrogens is 281 g/mol. The molecule has 0 aliphatic carbocycles. The SMILES string of the molecule is Cc1cc(C)cc(NC(N)=NCCN(C)CC(F)(F)F)c1. The maximum atomic E-state index is 12.1. The number of alkyl halides is 3. The second-order valence-electron chi connectivity index (χ2n) is 5.12. The van der Waals surface area contributed by atoms with E-state index in [2.05, 4.69) is 10.3 Å². The normalized spacial score (nSPS) is 12.8. The summed E-state index contributed by atoms with van der Waals surface area (Å²) in [7, 11) is 1.40. The van der Waals surface area contributed by atoms with Crippen LogP contribution in [-0.2, 0) is 0 Å². The van der Waals surface area contributed by atoms with Crippen molar-refractivity contribution in [3.05, 3.63) is 29.3 Å². The Balaban J connectivity index is 2.46. The Morgan fingerprint density at radius 1 is 1.24 bits per heavy atom. The average molecular weight is 302 g/mol. The topological polar surface area (TPSA) is 53.6 Å². The van der Waals surface area contributed by atoms with Crippen molar-refractivity contribution in [1.29, 1.82) is 0 Å². The molecule has 0 atom stereocenters. The average Bonchev–Trinajstić information content (AvgIpc) is 2.24. The van der Waals surface area contributed by atoms with Gasteiger partial charge in [-0.15, -0.1) is 0 Å². The summed E-state index contributed by atoms with van der Waals surface area (Å²) < 4.78 is 36.4. The Bertz CT molecular complexity index is 477. The minimum atomic E-state index is -4.19. The number of nitrogens with two attached hydrogens (primary N) is 1. The minimum absolute atomic E-state index is 0.189. The number of benzene rings is 1. The number of halogens is 3. The third-order valence-corrected chi connectivity index (χ3v) is 2.71. The van der Waals surface area contributed by atoms with Gasteiger partial charge in [0.1, 0.15) is 0 Å². The van der Waals surface area contributed by atoms with Crippen molar-refractivity contribution < 1.29 is 13.2 Å². The first-order valence-corrected chi connectivity index (χ1v) is 6.56. The Morgan fingerprint density at radius 2 is 1.81 bits per heavy atom. The summed E-state index contributed by atoms with van der Waals surface area (Å²) in [5, 5.41) is 2.93. The number of aryl methyl sites for hydroxylation is 2. The van der Waals surface area contributed by atoms with Gasteiger partial charge in [0.25, 0.3) is 0 Å². The van der Waals surface area contributed by atoms with E-state index in [1.165, 1.54) is 7.05 Å². The van der Waals surface area contributed by atoms with Gasteiger partial charge >= 0.3 is 6.18 Å². The molecule has 3 N–H and O–H groups in total. The number of anilines is 1. The third-order valence-electron chi connectivity index (χ3n) is 2.71. The van der Waals surface area contributed by atoms with Gasteiger partial charge < -0.3 is 11.1 Å². The molecule has 0 saturated carbocycles. The van der Waals surface area contributed by atoms with E-state index in [4.69, 9.17) is 5.73 Å². The number of nitrogens with one attached hydrogen (secondary N) is 1. The molecule has 0 saturated heterocycles. The van der Waals surface area contributed by atoms with Gasteiger partial charge in [-0.1, -0.05) is 6.07 Å². The van der Waals surface area contributed by atoms with Crippen molar-refractivity contribution in [2.24, 2.45) is 10.7 Å². The molecule has 1 rings (SSSR count). The molecular formula is C14H21F3N4. The van der Waals surface area contributed by atoms with Crippen LogP contribution in [0.3, 0.4) is 0 Å². The van der Waals surface area contributed by atoms with Crippen molar-refractivity contribution in [2.75, 3.05) is 32.0 Å². The van der Waals surface area contributed by atoms with Crippen molar-refractivity contribution in [1.82, 2.24) is 4.90 Å². The molecule has 0 amide bonds. The van der Waals surface area contributed by atoms with Crippen LogP contribution in [0.4, 0.5) is 18.9 Å². The molecule has 21 heavy (non-hydrogen) atoms. The second kappa shape index (κ2) is 7.31. The number of guanidine groups is 1. The molecule has 4 nitrogen and oxygen atoms in total. The quantitative estimate of drug-likeness (QED) is 0.649. The predicted molar refractivity (Wildman–Crippen MR) is 79.6 cm³/mol. The lowest BCUT2D eigenvalue weighted by Gasteiger charge is -2.17. The molecule has 1 aromatic rings. The van der Waals surface area contributed by atoms with Crippen molar-refractivity contribution in [3.63, 3.8) is 0 Å². The fraction of sp³-hybridized carbons (Fsp3) is 0.500. The smallest absolute Gasteiger partial charge is 0.370 e. The maximum absolute atomic E-state index is 12.1. The Kier molecular flexibility index (Phi) is 6.02. The Morgan fingerprint density at radius 3 is 2.33 bits per heavy atom. The van der Waals surface area contributed by atoms with Crippen molar-refractivity contribution >= 4 is 11.6 Å². The molecule has 7 heteroatoms. The van der Waals surface area contributed by atoms with Gasteiger partial charge in [0.2, 0.25) is 0 Å². The summed E-state index contributed by atoms with van der Waals surface area (Å²) in [6.45, 7) is 3.38. The van der Waals surface area contributed by atoms with Gasteiger partial charge in [0.15, 0.2) is 5.96 Å². The molecule has 1 aromatic carbocycles. The van der Waals surface area contributed by atoms with E-state index >= 15 is 0 Å². The molecule has 0 aromatic heterocycles. The number of likely N-dealkylation sites (N-methyl/N-ethyl adjacent to an activating group) is 1. The van der Waals surface area contributed by atoms with E-state index in [9.17, 15) is 13.2 Å². The lowest BCUT2D eigenvalue weighted by molar-refractivity contribution is -0.142. The van der Waals surface area contributed by atoms with Crippen LogP contribution in [0, 0.1) is 13.8 Å². The van der Waals surface area contributed by atoms with E-state index in [1.54, 1.807) is 0 Å². The summed E-state index contributed by atoms with van der Waals surface area (Å²) >= 11 is 0. The fourth-order valence-corrected chi connectivity index (χ4v) is 1.96. The molecule has 0 aliphatic heterocycles. The van der Waals surface area contributed by atoms with E-state index in [0.717, 1.165) is 21.7 Å². The Labute approximate surface area is 122 Å². The summed E-state index contributed by atoms with van der Waals surface area (Å²) in [5.41, 5.74) is 8.72. The molecule has 0 heterocycles. The molecule has 0 aliphatic rings. The number of rotatable bonds is 5. The summed E-state index contributed by atoms with van der Waals surface area (Å²) in [4.78, 5) is 5.18. The molecule has 118 valence electrons. The number of aliphatic imine (C=N–C) groups is 1. The van der Waals surface area contributed by atoms with Gasteiger partial charge in [-0.2, -0.15) is 13.2 Å². The molecule has 0 bridgehead atoms. The second-order valence-corrected chi connectivity index (χ2v) is 5.12. The van der Waals surface area contributed by atoms with Crippen LogP contribution < -0.4 is 11.1 Å². The number of nitrogens with zero attached hydrogens (tertiary/aromatic N) is 2. The predicted octanol–water partition coefficient (Wildman–Crippen LogP) is 2.52.